The van der Waals surface area contributed by atoms with Gasteiger partial charge in [-0.05, 0) is 60.5 Å². The van der Waals surface area contributed by atoms with Gasteiger partial charge in [-0.1, -0.05) is 69.0 Å². The molecule has 0 saturated carbocycles. The van der Waals surface area contributed by atoms with Crippen LogP contribution in [0.4, 0.5) is 10.5 Å². The Balaban J connectivity index is 1.60. The highest BCUT2D eigenvalue weighted by molar-refractivity contribution is 9.10. The molecule has 0 unspecified atom stereocenters. The molecule has 0 aromatic heterocycles. The van der Waals surface area contributed by atoms with Crippen LogP contribution >= 0.6 is 39.1 Å². The fourth-order valence-corrected chi connectivity index (χ4v) is 4.17. The molecule has 4 amide bonds. The van der Waals surface area contributed by atoms with Crippen molar-refractivity contribution in [3.05, 3.63) is 97.4 Å². The lowest BCUT2D eigenvalue weighted by molar-refractivity contribution is -0.122. The van der Waals surface area contributed by atoms with Crippen LogP contribution in [-0.4, -0.2) is 17.8 Å². The van der Waals surface area contributed by atoms with Gasteiger partial charge in [-0.15, -0.1) is 0 Å². The van der Waals surface area contributed by atoms with Crippen LogP contribution in [0.25, 0.3) is 6.08 Å². The fraction of sp³-hybridized carbons (Fsp3) is 0.0800. The van der Waals surface area contributed by atoms with Crippen LogP contribution in [0.2, 0.25) is 10.0 Å². The number of aryl methyl sites for hydroxylation is 1. The Bertz CT molecular complexity index is 1300. The second kappa shape index (κ2) is 10.0. The van der Waals surface area contributed by atoms with E-state index in [1.807, 2.05) is 31.2 Å². The van der Waals surface area contributed by atoms with Crippen LogP contribution in [0.5, 0.6) is 5.75 Å². The molecule has 1 fully saturated rings. The van der Waals surface area contributed by atoms with Gasteiger partial charge in [0.25, 0.3) is 11.8 Å². The number of hydrogen-bond acceptors (Lipinski definition) is 4. The van der Waals surface area contributed by atoms with E-state index in [0.717, 1.165) is 20.5 Å². The first-order valence-corrected chi connectivity index (χ1v) is 11.6. The molecule has 1 aliphatic rings. The monoisotopic (exact) mass is 558 g/mol. The van der Waals surface area contributed by atoms with E-state index in [0.29, 0.717) is 11.3 Å². The highest BCUT2D eigenvalue weighted by Gasteiger charge is 2.36. The number of rotatable bonds is 5. The number of hydrogen-bond donors (Lipinski definition) is 1. The first kappa shape index (κ1) is 24.0. The van der Waals surface area contributed by atoms with E-state index < -0.39 is 17.8 Å². The molecule has 0 bridgehead atoms. The number of halogens is 3. The second-order valence-electron chi connectivity index (χ2n) is 7.52. The molecule has 0 aliphatic carbocycles. The minimum atomic E-state index is -0.828. The molecule has 9 heteroatoms. The van der Waals surface area contributed by atoms with E-state index in [1.54, 1.807) is 24.3 Å². The summed E-state index contributed by atoms with van der Waals surface area (Å²) in [7, 11) is 0. The third-order valence-corrected chi connectivity index (χ3v) is 6.11. The van der Waals surface area contributed by atoms with Crippen LogP contribution in [0.3, 0.4) is 0 Å². The molecular weight excluding hydrogens is 543 g/mol. The van der Waals surface area contributed by atoms with E-state index in [4.69, 9.17) is 27.9 Å². The van der Waals surface area contributed by atoms with Crippen molar-refractivity contribution in [2.75, 3.05) is 4.90 Å². The normalized spacial score (nSPS) is 15.0. The molecule has 0 radical (unpaired) electrons. The van der Waals surface area contributed by atoms with Crippen LogP contribution in [0.1, 0.15) is 16.7 Å². The molecule has 0 spiro atoms. The maximum Gasteiger partial charge on any atom is 0.335 e. The van der Waals surface area contributed by atoms with Crippen molar-refractivity contribution in [3.8, 4) is 5.75 Å². The molecule has 1 heterocycles. The lowest BCUT2D eigenvalue weighted by Gasteiger charge is -2.26. The van der Waals surface area contributed by atoms with Crippen molar-refractivity contribution in [1.29, 1.82) is 0 Å². The number of amides is 4. The van der Waals surface area contributed by atoms with E-state index in [2.05, 4.69) is 21.2 Å². The maximum absolute atomic E-state index is 13.0. The zero-order chi connectivity index (χ0) is 24.4. The summed E-state index contributed by atoms with van der Waals surface area (Å²) in [5, 5.41) is 2.62. The Kier molecular flexibility index (Phi) is 7.07. The van der Waals surface area contributed by atoms with Gasteiger partial charge in [0.15, 0.2) is 5.75 Å². The summed E-state index contributed by atoms with van der Waals surface area (Å²) in [5.41, 5.74) is 2.58. The minimum Gasteiger partial charge on any atom is -0.486 e. The molecule has 34 heavy (non-hydrogen) atoms. The number of carbonyl (C=O) groups is 3. The van der Waals surface area contributed by atoms with Gasteiger partial charge in [-0.3, -0.25) is 14.9 Å². The molecular formula is C25H17BrCl2N2O4. The molecule has 3 aromatic carbocycles. The van der Waals surface area contributed by atoms with Gasteiger partial charge in [0, 0.05) is 4.47 Å². The quantitative estimate of drug-likeness (QED) is 0.293. The average Bonchev–Trinajstić information content (AvgIpc) is 2.78. The third-order valence-electron chi connectivity index (χ3n) is 5.02. The number of carbonyl (C=O) groups excluding carboxylic acids is 3. The van der Waals surface area contributed by atoms with Crippen molar-refractivity contribution >= 4 is 68.7 Å². The summed E-state index contributed by atoms with van der Waals surface area (Å²) in [6.07, 6.45) is 1.33. The van der Waals surface area contributed by atoms with E-state index in [1.165, 1.54) is 18.2 Å². The van der Waals surface area contributed by atoms with Crippen LogP contribution in [0, 0.1) is 6.92 Å². The fourth-order valence-electron chi connectivity index (χ4n) is 3.29. The number of urea groups is 1. The summed E-state index contributed by atoms with van der Waals surface area (Å²) in [4.78, 5) is 38.7. The molecule has 4 rings (SSSR count). The van der Waals surface area contributed by atoms with Crippen LogP contribution in [-0.2, 0) is 16.2 Å². The number of nitrogens with zero attached hydrogens (tertiary/aromatic N) is 1. The zero-order valence-corrected chi connectivity index (χ0v) is 20.9. The Morgan fingerprint density at radius 3 is 2.21 bits per heavy atom. The summed E-state index contributed by atoms with van der Waals surface area (Å²) >= 11 is 16.1. The number of benzene rings is 3. The lowest BCUT2D eigenvalue weighted by Crippen LogP contribution is -2.54. The first-order chi connectivity index (χ1) is 16.2. The van der Waals surface area contributed by atoms with Crippen molar-refractivity contribution in [2.24, 2.45) is 0 Å². The topological polar surface area (TPSA) is 75.7 Å². The SMILES string of the molecule is Cc1ccc(COc2c(Cl)cc(/C=C3\C(=O)NC(=O)N(c4ccc(Br)cc4)C3=O)cc2Cl)cc1. The van der Waals surface area contributed by atoms with Crippen molar-refractivity contribution in [3.63, 3.8) is 0 Å². The van der Waals surface area contributed by atoms with Gasteiger partial charge in [0.1, 0.15) is 12.2 Å². The molecule has 3 aromatic rings. The Labute approximate surface area is 214 Å². The lowest BCUT2D eigenvalue weighted by atomic mass is 10.1. The smallest absolute Gasteiger partial charge is 0.335 e. The molecule has 1 saturated heterocycles. The summed E-state index contributed by atoms with van der Waals surface area (Å²) < 4.78 is 6.57. The third kappa shape index (κ3) is 5.17. The van der Waals surface area contributed by atoms with Crippen molar-refractivity contribution < 1.29 is 19.1 Å². The molecule has 0 atom stereocenters. The largest absolute Gasteiger partial charge is 0.486 e. The van der Waals surface area contributed by atoms with Gasteiger partial charge in [-0.25, -0.2) is 9.69 Å². The molecule has 1 aliphatic heterocycles. The predicted octanol–water partition coefficient (Wildman–Crippen LogP) is 6.31. The van der Waals surface area contributed by atoms with Crippen molar-refractivity contribution in [2.45, 2.75) is 13.5 Å². The summed E-state index contributed by atoms with van der Waals surface area (Å²) in [6.45, 7) is 2.27. The average molecular weight is 560 g/mol. The molecule has 172 valence electrons. The highest BCUT2D eigenvalue weighted by atomic mass is 79.9. The standard InChI is InChI=1S/C25H17BrCl2N2O4/c1-14-2-4-15(5-3-14)13-34-22-20(27)11-16(12-21(22)28)10-19-23(31)29-25(33)30(24(19)32)18-8-6-17(26)7-9-18/h2-12H,13H2,1H3,(H,29,31,33)/b19-10+. The van der Waals surface area contributed by atoms with Gasteiger partial charge >= 0.3 is 6.03 Å². The second-order valence-corrected chi connectivity index (χ2v) is 9.25. The maximum atomic E-state index is 13.0. The highest BCUT2D eigenvalue weighted by Crippen LogP contribution is 2.36. The van der Waals surface area contributed by atoms with Gasteiger partial charge in [-0.2, -0.15) is 0 Å². The van der Waals surface area contributed by atoms with E-state index in [9.17, 15) is 14.4 Å². The first-order valence-electron chi connectivity index (χ1n) is 10.1. The number of imide groups is 2. The molecule has 6 nitrogen and oxygen atoms in total. The zero-order valence-electron chi connectivity index (χ0n) is 17.8. The van der Waals surface area contributed by atoms with E-state index in [-0.39, 0.29) is 28.0 Å². The van der Waals surface area contributed by atoms with Gasteiger partial charge < -0.3 is 4.74 Å². The van der Waals surface area contributed by atoms with Crippen molar-refractivity contribution in [1.82, 2.24) is 5.32 Å². The summed E-state index contributed by atoms with van der Waals surface area (Å²) in [5.74, 6) is -1.28. The number of nitrogens with one attached hydrogen (secondary N) is 1. The Hall–Kier alpha value is -3.13. The Morgan fingerprint density at radius 1 is 0.971 bits per heavy atom. The van der Waals surface area contributed by atoms with Crippen LogP contribution < -0.4 is 15.0 Å². The van der Waals surface area contributed by atoms with Crippen LogP contribution in [0.15, 0.2) is 70.7 Å². The molecule has 1 N–H and O–H groups in total. The number of barbiturate groups is 1. The van der Waals surface area contributed by atoms with Gasteiger partial charge in [0.2, 0.25) is 0 Å². The Morgan fingerprint density at radius 2 is 1.59 bits per heavy atom. The number of ether oxygens (including phenoxy) is 1. The van der Waals surface area contributed by atoms with Gasteiger partial charge in [0.05, 0.1) is 15.7 Å². The predicted molar refractivity (Wildman–Crippen MR) is 135 cm³/mol. The number of anilines is 1. The minimum absolute atomic E-state index is 0.218. The summed E-state index contributed by atoms with van der Waals surface area (Å²) in [6, 6.07) is 16.6. The van der Waals surface area contributed by atoms with E-state index >= 15 is 0 Å².